The average molecular weight is 327 g/mol. The van der Waals surface area contributed by atoms with E-state index >= 15 is 0 Å². The van der Waals surface area contributed by atoms with Gasteiger partial charge in [-0.25, -0.2) is 0 Å². The predicted molar refractivity (Wildman–Crippen MR) is 91.7 cm³/mol. The molecule has 124 valence electrons. The molecule has 0 spiro atoms. The maximum atomic E-state index is 12.2. The summed E-state index contributed by atoms with van der Waals surface area (Å²) in [6.45, 7) is 5.87. The number of para-hydroxylation sites is 1. The number of ether oxygens (including phenoxy) is 1. The molecule has 5 heteroatoms. The van der Waals surface area contributed by atoms with Crippen molar-refractivity contribution in [1.82, 2.24) is 4.90 Å². The number of amides is 1. The normalized spacial score (nSPS) is 19.2. The number of rotatable bonds is 5. The molecule has 1 fully saturated rings. The molecule has 0 aromatic heterocycles. The third-order valence-electron chi connectivity index (χ3n) is 4.22. The highest BCUT2D eigenvalue weighted by atomic mass is 35.5. The number of hydrogen-bond donors (Lipinski definition) is 1. The molecule has 22 heavy (non-hydrogen) atoms. The molecule has 1 aromatic rings. The summed E-state index contributed by atoms with van der Waals surface area (Å²) in [5, 5.41) is 0. The fourth-order valence-corrected chi connectivity index (χ4v) is 2.71. The first-order valence-corrected chi connectivity index (χ1v) is 7.87. The van der Waals surface area contributed by atoms with Crippen molar-refractivity contribution in [2.75, 3.05) is 19.7 Å². The summed E-state index contributed by atoms with van der Waals surface area (Å²) >= 11 is 0. The zero-order valence-electron chi connectivity index (χ0n) is 13.5. The minimum Gasteiger partial charge on any atom is -0.483 e. The molecular weight excluding hydrogens is 300 g/mol. The Kier molecular flexibility index (Phi) is 7.69. The summed E-state index contributed by atoms with van der Waals surface area (Å²) < 4.78 is 5.78. The number of hydrogen-bond acceptors (Lipinski definition) is 3. The smallest absolute Gasteiger partial charge is 0.260 e. The molecule has 1 heterocycles. The SMILES string of the molecule is CCC(C)c1ccccc1OCC(=O)N1CCCC(N)C1.Cl. The van der Waals surface area contributed by atoms with E-state index in [1.807, 2.05) is 23.1 Å². The Bertz CT molecular complexity index is 481. The van der Waals surface area contributed by atoms with Crippen molar-refractivity contribution in [3.05, 3.63) is 29.8 Å². The van der Waals surface area contributed by atoms with E-state index in [0.29, 0.717) is 12.5 Å². The number of carbonyl (C=O) groups excluding carboxylic acids is 1. The highest BCUT2D eigenvalue weighted by Crippen LogP contribution is 2.28. The molecule has 0 bridgehead atoms. The average Bonchev–Trinajstić information content (AvgIpc) is 2.52. The maximum absolute atomic E-state index is 12.2. The van der Waals surface area contributed by atoms with E-state index in [1.54, 1.807) is 0 Å². The van der Waals surface area contributed by atoms with Gasteiger partial charge in [0.15, 0.2) is 6.61 Å². The molecule has 1 amide bonds. The molecule has 0 radical (unpaired) electrons. The number of carbonyl (C=O) groups is 1. The first kappa shape index (κ1) is 18.8. The van der Waals surface area contributed by atoms with E-state index in [4.69, 9.17) is 10.5 Å². The van der Waals surface area contributed by atoms with Gasteiger partial charge in [-0.2, -0.15) is 0 Å². The van der Waals surface area contributed by atoms with Crippen LogP contribution < -0.4 is 10.5 Å². The monoisotopic (exact) mass is 326 g/mol. The van der Waals surface area contributed by atoms with Gasteiger partial charge < -0.3 is 15.4 Å². The highest BCUT2D eigenvalue weighted by Gasteiger charge is 2.21. The summed E-state index contributed by atoms with van der Waals surface area (Å²) in [6.07, 6.45) is 3.03. The second kappa shape index (κ2) is 9.01. The van der Waals surface area contributed by atoms with Crippen LogP contribution in [-0.2, 0) is 4.79 Å². The minimum atomic E-state index is 0. The second-order valence-corrected chi connectivity index (χ2v) is 5.88. The van der Waals surface area contributed by atoms with E-state index in [1.165, 1.54) is 5.56 Å². The van der Waals surface area contributed by atoms with Crippen molar-refractivity contribution in [2.45, 2.75) is 45.1 Å². The molecular formula is C17H27ClN2O2. The summed E-state index contributed by atoms with van der Waals surface area (Å²) in [7, 11) is 0. The third kappa shape index (κ3) is 4.89. The maximum Gasteiger partial charge on any atom is 0.260 e. The van der Waals surface area contributed by atoms with E-state index in [0.717, 1.165) is 31.6 Å². The lowest BCUT2D eigenvalue weighted by molar-refractivity contribution is -0.134. The zero-order chi connectivity index (χ0) is 15.2. The lowest BCUT2D eigenvalue weighted by Crippen LogP contribution is -2.47. The lowest BCUT2D eigenvalue weighted by Gasteiger charge is -2.30. The lowest BCUT2D eigenvalue weighted by atomic mass is 9.98. The van der Waals surface area contributed by atoms with Gasteiger partial charge in [0.05, 0.1) is 0 Å². The molecule has 2 N–H and O–H groups in total. The summed E-state index contributed by atoms with van der Waals surface area (Å²) in [6, 6.07) is 8.08. The minimum absolute atomic E-state index is 0. The highest BCUT2D eigenvalue weighted by molar-refractivity contribution is 5.85. The molecule has 2 unspecified atom stereocenters. The van der Waals surface area contributed by atoms with Crippen LogP contribution in [0.5, 0.6) is 5.75 Å². The largest absolute Gasteiger partial charge is 0.483 e. The van der Waals surface area contributed by atoms with Gasteiger partial charge in [-0.3, -0.25) is 4.79 Å². The number of halogens is 1. The van der Waals surface area contributed by atoms with Gasteiger partial charge in [-0.15, -0.1) is 12.4 Å². The fourth-order valence-electron chi connectivity index (χ4n) is 2.71. The van der Waals surface area contributed by atoms with Crippen molar-refractivity contribution < 1.29 is 9.53 Å². The Morgan fingerprint density at radius 1 is 1.45 bits per heavy atom. The number of likely N-dealkylation sites (tertiary alicyclic amines) is 1. The van der Waals surface area contributed by atoms with Crippen molar-refractivity contribution in [3.8, 4) is 5.75 Å². The van der Waals surface area contributed by atoms with Crippen LogP contribution in [0, 0.1) is 0 Å². The molecule has 1 saturated heterocycles. The molecule has 1 aromatic carbocycles. The first-order valence-electron chi connectivity index (χ1n) is 7.87. The Balaban J connectivity index is 0.00000242. The molecule has 1 aliphatic heterocycles. The summed E-state index contributed by atoms with van der Waals surface area (Å²) in [5.74, 6) is 1.28. The van der Waals surface area contributed by atoms with Gasteiger partial charge in [-0.1, -0.05) is 32.0 Å². The summed E-state index contributed by atoms with van der Waals surface area (Å²) in [4.78, 5) is 14.0. The third-order valence-corrected chi connectivity index (χ3v) is 4.22. The van der Waals surface area contributed by atoms with E-state index in [-0.39, 0.29) is 31.0 Å². The molecule has 2 rings (SSSR count). The van der Waals surface area contributed by atoms with Crippen molar-refractivity contribution in [3.63, 3.8) is 0 Å². The summed E-state index contributed by atoms with van der Waals surface area (Å²) in [5.41, 5.74) is 7.09. The van der Waals surface area contributed by atoms with Gasteiger partial charge in [0, 0.05) is 19.1 Å². The number of nitrogens with two attached hydrogens (primary N) is 1. The van der Waals surface area contributed by atoms with Crippen LogP contribution in [-0.4, -0.2) is 36.5 Å². The van der Waals surface area contributed by atoms with Crippen LogP contribution in [0.15, 0.2) is 24.3 Å². The van der Waals surface area contributed by atoms with Crippen molar-refractivity contribution in [2.24, 2.45) is 5.73 Å². The van der Waals surface area contributed by atoms with Crippen LogP contribution in [0.25, 0.3) is 0 Å². The van der Waals surface area contributed by atoms with Crippen molar-refractivity contribution in [1.29, 1.82) is 0 Å². The zero-order valence-corrected chi connectivity index (χ0v) is 14.3. The molecule has 1 aliphatic rings. The quantitative estimate of drug-likeness (QED) is 0.905. The van der Waals surface area contributed by atoms with Gasteiger partial charge in [0.25, 0.3) is 5.91 Å². The second-order valence-electron chi connectivity index (χ2n) is 5.88. The first-order chi connectivity index (χ1) is 10.1. The molecule has 2 atom stereocenters. The number of piperidine rings is 1. The van der Waals surface area contributed by atoms with Crippen LogP contribution in [0.4, 0.5) is 0 Å². The molecule has 0 saturated carbocycles. The Labute approximate surface area is 139 Å². The Hall–Kier alpha value is -1.26. The number of benzene rings is 1. The van der Waals surface area contributed by atoms with Gasteiger partial charge in [-0.05, 0) is 36.8 Å². The Morgan fingerprint density at radius 3 is 2.86 bits per heavy atom. The number of nitrogens with zero attached hydrogens (tertiary/aromatic N) is 1. The molecule has 0 aliphatic carbocycles. The van der Waals surface area contributed by atoms with Gasteiger partial charge in [0.1, 0.15) is 5.75 Å². The fraction of sp³-hybridized carbons (Fsp3) is 0.588. The Morgan fingerprint density at radius 2 is 2.18 bits per heavy atom. The van der Waals surface area contributed by atoms with Crippen LogP contribution in [0.1, 0.15) is 44.6 Å². The van der Waals surface area contributed by atoms with Crippen LogP contribution in [0.2, 0.25) is 0 Å². The van der Waals surface area contributed by atoms with Crippen LogP contribution >= 0.6 is 12.4 Å². The van der Waals surface area contributed by atoms with Crippen molar-refractivity contribution >= 4 is 18.3 Å². The van der Waals surface area contributed by atoms with Gasteiger partial charge in [0.2, 0.25) is 0 Å². The standard InChI is InChI=1S/C17H26N2O2.ClH/c1-3-13(2)15-8-4-5-9-16(15)21-12-17(20)19-10-6-7-14(18)11-19;/h4-5,8-9,13-14H,3,6-7,10-12,18H2,1-2H3;1H. The van der Waals surface area contributed by atoms with Gasteiger partial charge >= 0.3 is 0 Å². The topological polar surface area (TPSA) is 55.6 Å². The van der Waals surface area contributed by atoms with E-state index in [2.05, 4.69) is 19.9 Å². The van der Waals surface area contributed by atoms with Crippen LogP contribution in [0.3, 0.4) is 0 Å². The molecule has 4 nitrogen and oxygen atoms in total. The van der Waals surface area contributed by atoms with E-state index < -0.39 is 0 Å². The predicted octanol–water partition coefficient (Wildman–Crippen LogP) is 2.95. The van der Waals surface area contributed by atoms with E-state index in [9.17, 15) is 4.79 Å².